The highest BCUT2D eigenvalue weighted by Gasteiger charge is 2.17. The van der Waals surface area contributed by atoms with E-state index >= 15 is 0 Å². The van der Waals surface area contributed by atoms with E-state index in [1.165, 1.54) is 0 Å². The Bertz CT molecular complexity index is 951. The highest BCUT2D eigenvalue weighted by Crippen LogP contribution is 2.22. The van der Waals surface area contributed by atoms with Gasteiger partial charge in [0.1, 0.15) is 11.5 Å². The number of anilines is 1. The molecule has 150 valence electrons. The smallest absolute Gasteiger partial charge is 0.259 e. The molecule has 2 N–H and O–H groups in total. The second kappa shape index (κ2) is 10.1. The third-order valence-electron chi connectivity index (χ3n) is 4.31. The Balaban J connectivity index is 1.72. The summed E-state index contributed by atoms with van der Waals surface area (Å²) >= 11 is 0. The molecule has 0 aliphatic heterocycles. The fraction of sp³-hybridized carbons (Fsp3) is 0.217. The average Bonchev–Trinajstić information content (AvgIpc) is 3.26. The second-order valence-corrected chi connectivity index (χ2v) is 6.46. The van der Waals surface area contributed by atoms with Gasteiger partial charge in [-0.25, -0.2) is 0 Å². The zero-order valence-electron chi connectivity index (χ0n) is 16.3. The van der Waals surface area contributed by atoms with Crippen molar-refractivity contribution in [3.63, 3.8) is 0 Å². The maximum absolute atomic E-state index is 12.8. The summed E-state index contributed by atoms with van der Waals surface area (Å²) in [7, 11) is 0. The van der Waals surface area contributed by atoms with Crippen molar-refractivity contribution in [1.82, 2.24) is 5.32 Å². The zero-order chi connectivity index (χ0) is 20.5. The van der Waals surface area contributed by atoms with Gasteiger partial charge in [-0.3, -0.25) is 9.59 Å². The molecule has 2 amide bonds. The first kappa shape index (κ1) is 20.2. The van der Waals surface area contributed by atoms with Gasteiger partial charge in [-0.15, -0.1) is 0 Å². The second-order valence-electron chi connectivity index (χ2n) is 6.46. The summed E-state index contributed by atoms with van der Waals surface area (Å²) in [6.07, 6.45) is 3.47. The van der Waals surface area contributed by atoms with Crippen LogP contribution in [0.15, 0.2) is 71.3 Å². The van der Waals surface area contributed by atoms with E-state index in [1.807, 2.05) is 6.07 Å². The number of carbonyl (C=O) groups is 2. The van der Waals surface area contributed by atoms with Gasteiger partial charge in [0.15, 0.2) is 0 Å². The molecule has 2 aromatic carbocycles. The summed E-state index contributed by atoms with van der Waals surface area (Å²) in [5.74, 6) is 0.546. The quantitative estimate of drug-likeness (QED) is 0.520. The van der Waals surface area contributed by atoms with E-state index in [4.69, 9.17) is 9.15 Å². The van der Waals surface area contributed by atoms with Crippen LogP contribution in [0.5, 0.6) is 5.75 Å². The minimum Gasteiger partial charge on any atom is -0.493 e. The van der Waals surface area contributed by atoms with Crippen LogP contribution in [0.3, 0.4) is 0 Å². The van der Waals surface area contributed by atoms with Crippen LogP contribution >= 0.6 is 0 Å². The summed E-state index contributed by atoms with van der Waals surface area (Å²) in [6.45, 7) is 2.89. The molecular formula is C23H24N2O4. The first-order valence-electron chi connectivity index (χ1n) is 9.62. The number of hydrogen-bond donors (Lipinski definition) is 2. The van der Waals surface area contributed by atoms with E-state index < -0.39 is 0 Å². The van der Waals surface area contributed by atoms with Crippen molar-refractivity contribution >= 4 is 17.5 Å². The van der Waals surface area contributed by atoms with Crippen LogP contribution in [0, 0.1) is 0 Å². The standard InChI is InChI=1S/C23H24N2O4/c1-2-3-14-29-21-13-7-5-11-19(21)23(27)25-20-12-6-4-10-18(20)22(26)24-16-17-9-8-15-28-17/h4-13,15H,2-3,14,16H2,1H3,(H,24,26)(H,25,27). The zero-order valence-corrected chi connectivity index (χ0v) is 16.3. The number of nitrogens with one attached hydrogen (secondary N) is 2. The van der Waals surface area contributed by atoms with Gasteiger partial charge in [0, 0.05) is 0 Å². The Morgan fingerprint density at radius 1 is 0.931 bits per heavy atom. The fourth-order valence-corrected chi connectivity index (χ4v) is 2.76. The lowest BCUT2D eigenvalue weighted by Gasteiger charge is -2.13. The molecular weight excluding hydrogens is 368 g/mol. The monoisotopic (exact) mass is 392 g/mol. The molecule has 0 aliphatic carbocycles. The first-order valence-corrected chi connectivity index (χ1v) is 9.62. The molecule has 0 radical (unpaired) electrons. The molecule has 0 spiro atoms. The first-order chi connectivity index (χ1) is 14.2. The summed E-state index contributed by atoms with van der Waals surface area (Å²) in [5.41, 5.74) is 1.23. The highest BCUT2D eigenvalue weighted by molar-refractivity contribution is 6.10. The molecule has 0 aliphatic rings. The number of para-hydroxylation sites is 2. The van der Waals surface area contributed by atoms with Crippen LogP contribution in [0.25, 0.3) is 0 Å². The van der Waals surface area contributed by atoms with Gasteiger partial charge >= 0.3 is 0 Å². The summed E-state index contributed by atoms with van der Waals surface area (Å²) in [5, 5.41) is 5.62. The minimum atomic E-state index is -0.330. The number of ether oxygens (including phenoxy) is 1. The van der Waals surface area contributed by atoms with E-state index in [0.717, 1.165) is 12.8 Å². The van der Waals surface area contributed by atoms with Crippen molar-refractivity contribution in [2.75, 3.05) is 11.9 Å². The Morgan fingerprint density at radius 2 is 1.69 bits per heavy atom. The Hall–Kier alpha value is -3.54. The van der Waals surface area contributed by atoms with Gasteiger partial charge in [0.25, 0.3) is 11.8 Å². The van der Waals surface area contributed by atoms with Crippen LogP contribution < -0.4 is 15.4 Å². The number of unbranched alkanes of at least 4 members (excludes halogenated alkanes) is 1. The molecule has 3 aromatic rings. The molecule has 6 nitrogen and oxygen atoms in total. The van der Waals surface area contributed by atoms with Crippen molar-refractivity contribution in [2.24, 2.45) is 0 Å². The Morgan fingerprint density at radius 3 is 2.45 bits per heavy atom. The molecule has 29 heavy (non-hydrogen) atoms. The van der Waals surface area contributed by atoms with Gasteiger partial charge in [0.05, 0.1) is 36.2 Å². The SMILES string of the molecule is CCCCOc1ccccc1C(=O)Nc1ccccc1C(=O)NCc1ccco1. The lowest BCUT2D eigenvalue weighted by Crippen LogP contribution is -2.24. The van der Waals surface area contributed by atoms with Crippen molar-refractivity contribution in [3.8, 4) is 5.75 Å². The molecule has 3 rings (SSSR count). The third kappa shape index (κ3) is 5.48. The van der Waals surface area contributed by atoms with E-state index in [2.05, 4.69) is 17.6 Å². The molecule has 6 heteroatoms. The van der Waals surface area contributed by atoms with Crippen molar-refractivity contribution in [1.29, 1.82) is 0 Å². The molecule has 1 aromatic heterocycles. The summed E-state index contributed by atoms with van der Waals surface area (Å²) in [4.78, 5) is 25.4. The minimum absolute atomic E-state index is 0.266. The van der Waals surface area contributed by atoms with E-state index in [9.17, 15) is 9.59 Å². The molecule has 0 saturated carbocycles. The highest BCUT2D eigenvalue weighted by atomic mass is 16.5. The van der Waals surface area contributed by atoms with Crippen molar-refractivity contribution in [2.45, 2.75) is 26.3 Å². The largest absolute Gasteiger partial charge is 0.493 e. The predicted octanol–water partition coefficient (Wildman–Crippen LogP) is 4.64. The van der Waals surface area contributed by atoms with E-state index in [0.29, 0.717) is 34.9 Å². The lowest BCUT2D eigenvalue weighted by molar-refractivity contribution is 0.0949. The molecule has 0 saturated heterocycles. The van der Waals surface area contributed by atoms with Crippen molar-refractivity contribution in [3.05, 3.63) is 83.8 Å². The fourth-order valence-electron chi connectivity index (χ4n) is 2.76. The number of carbonyl (C=O) groups excluding carboxylic acids is 2. The number of rotatable bonds is 9. The molecule has 0 atom stereocenters. The normalized spacial score (nSPS) is 10.4. The van der Waals surface area contributed by atoms with Crippen LogP contribution in [-0.2, 0) is 6.54 Å². The van der Waals surface area contributed by atoms with Gasteiger partial charge in [-0.05, 0) is 42.8 Å². The van der Waals surface area contributed by atoms with Crippen LogP contribution in [0.4, 0.5) is 5.69 Å². The molecule has 0 bridgehead atoms. The maximum atomic E-state index is 12.8. The third-order valence-corrected chi connectivity index (χ3v) is 4.31. The number of hydrogen-bond acceptors (Lipinski definition) is 4. The van der Waals surface area contributed by atoms with Gasteiger partial charge < -0.3 is 19.8 Å². The van der Waals surface area contributed by atoms with Crippen molar-refractivity contribution < 1.29 is 18.7 Å². The van der Waals surface area contributed by atoms with Gasteiger partial charge in [-0.2, -0.15) is 0 Å². The van der Waals surface area contributed by atoms with E-state index in [-0.39, 0.29) is 18.4 Å². The number of furan rings is 1. The van der Waals surface area contributed by atoms with E-state index in [1.54, 1.807) is 60.9 Å². The lowest BCUT2D eigenvalue weighted by atomic mass is 10.1. The molecule has 0 fully saturated rings. The number of amides is 2. The van der Waals surface area contributed by atoms with Crippen LogP contribution in [0.2, 0.25) is 0 Å². The maximum Gasteiger partial charge on any atom is 0.259 e. The summed E-state index contributed by atoms with van der Waals surface area (Å²) < 4.78 is 11.0. The van der Waals surface area contributed by atoms with Gasteiger partial charge in [0.2, 0.25) is 0 Å². The molecule has 1 heterocycles. The summed E-state index contributed by atoms with van der Waals surface area (Å²) in [6, 6.07) is 17.5. The van der Waals surface area contributed by atoms with Crippen LogP contribution in [-0.4, -0.2) is 18.4 Å². The average molecular weight is 392 g/mol. The topological polar surface area (TPSA) is 80.6 Å². The Labute approximate surface area is 169 Å². The number of benzene rings is 2. The van der Waals surface area contributed by atoms with Crippen LogP contribution in [0.1, 0.15) is 46.2 Å². The Kier molecular flexibility index (Phi) is 7.05. The molecule has 0 unspecified atom stereocenters. The van der Waals surface area contributed by atoms with Gasteiger partial charge in [-0.1, -0.05) is 37.6 Å². The predicted molar refractivity (Wildman–Crippen MR) is 111 cm³/mol.